The van der Waals surface area contributed by atoms with Gasteiger partial charge in [-0.1, -0.05) is 96.0 Å². The van der Waals surface area contributed by atoms with Crippen LogP contribution < -0.4 is 0 Å². The van der Waals surface area contributed by atoms with Crippen LogP contribution in [-0.2, 0) is 5.41 Å². The molecular weight excluding hydrogens is 371 g/mol. The molecule has 1 aliphatic carbocycles. The molecule has 27 heavy (non-hydrogen) atoms. The Balaban J connectivity index is 1.98. The largest absolute Gasteiger partial charge is 0.0843 e. The predicted octanol–water partition coefficient (Wildman–Crippen LogP) is 7.36. The van der Waals surface area contributed by atoms with E-state index in [1.165, 1.54) is 22.3 Å². The first-order chi connectivity index (χ1) is 13.2. The number of benzene rings is 4. The van der Waals surface area contributed by atoms with Gasteiger partial charge < -0.3 is 0 Å². The monoisotopic (exact) mass is 386 g/mol. The van der Waals surface area contributed by atoms with Crippen LogP contribution in [0.3, 0.4) is 0 Å². The summed E-state index contributed by atoms with van der Waals surface area (Å²) in [5.41, 5.74) is 6.89. The molecule has 0 nitrogen and oxygen atoms in total. The van der Waals surface area contributed by atoms with Crippen LogP contribution in [0.1, 0.15) is 22.3 Å². The molecule has 0 spiro atoms. The molecule has 0 radical (unpaired) electrons. The van der Waals surface area contributed by atoms with Crippen molar-refractivity contribution in [1.29, 1.82) is 0 Å². The van der Waals surface area contributed by atoms with E-state index < -0.39 is 5.41 Å². The second kappa shape index (κ2) is 6.27. The highest BCUT2D eigenvalue weighted by atomic mass is 35.5. The van der Waals surface area contributed by atoms with Crippen LogP contribution in [0.25, 0.3) is 11.1 Å². The second-order valence-corrected chi connectivity index (χ2v) is 7.73. The first-order valence-corrected chi connectivity index (χ1v) is 9.68. The topological polar surface area (TPSA) is 0 Å². The van der Waals surface area contributed by atoms with E-state index in [4.69, 9.17) is 23.2 Å². The van der Waals surface area contributed by atoms with Gasteiger partial charge in [-0.15, -0.1) is 0 Å². The third kappa shape index (κ3) is 2.37. The Morgan fingerprint density at radius 3 is 1.37 bits per heavy atom. The molecule has 130 valence electrons. The summed E-state index contributed by atoms with van der Waals surface area (Å²) in [6, 6.07) is 33.6. The van der Waals surface area contributed by atoms with Gasteiger partial charge in [0.15, 0.2) is 0 Å². The molecule has 0 aliphatic heterocycles. The van der Waals surface area contributed by atoms with Crippen molar-refractivity contribution in [2.45, 2.75) is 5.41 Å². The second-order valence-electron chi connectivity index (χ2n) is 6.86. The van der Waals surface area contributed by atoms with Gasteiger partial charge in [-0.2, -0.15) is 0 Å². The minimum atomic E-state index is -0.441. The molecule has 0 saturated heterocycles. The molecule has 0 N–H and O–H groups in total. The first-order valence-electron chi connectivity index (χ1n) is 8.93. The van der Waals surface area contributed by atoms with Gasteiger partial charge in [0.2, 0.25) is 0 Å². The van der Waals surface area contributed by atoms with Gasteiger partial charge in [0.1, 0.15) is 0 Å². The maximum absolute atomic E-state index is 6.43. The van der Waals surface area contributed by atoms with E-state index in [2.05, 4.69) is 72.8 Å². The summed E-state index contributed by atoms with van der Waals surface area (Å²) in [6.45, 7) is 0. The lowest BCUT2D eigenvalue weighted by molar-refractivity contribution is 0.768. The van der Waals surface area contributed by atoms with Crippen molar-refractivity contribution >= 4 is 23.2 Å². The van der Waals surface area contributed by atoms with Gasteiger partial charge in [0.25, 0.3) is 0 Å². The van der Waals surface area contributed by atoms with Gasteiger partial charge in [0, 0.05) is 10.0 Å². The van der Waals surface area contributed by atoms with Gasteiger partial charge in [-0.3, -0.25) is 0 Å². The third-order valence-electron chi connectivity index (χ3n) is 5.47. The molecular formula is C25H16Cl2. The molecule has 4 aromatic carbocycles. The molecule has 5 rings (SSSR count). The van der Waals surface area contributed by atoms with Gasteiger partial charge in [-0.05, 0) is 57.6 Å². The number of hydrogen-bond donors (Lipinski definition) is 0. The molecule has 1 aliphatic rings. The summed E-state index contributed by atoms with van der Waals surface area (Å²) in [7, 11) is 0. The van der Waals surface area contributed by atoms with Crippen molar-refractivity contribution in [2.75, 3.05) is 0 Å². The Kier molecular flexibility index (Phi) is 3.86. The fourth-order valence-corrected chi connectivity index (χ4v) is 4.85. The summed E-state index contributed by atoms with van der Waals surface area (Å²) >= 11 is 12.9. The predicted molar refractivity (Wildman–Crippen MR) is 114 cm³/mol. The summed E-state index contributed by atoms with van der Waals surface area (Å²) < 4.78 is 0. The van der Waals surface area contributed by atoms with Gasteiger partial charge in [-0.25, -0.2) is 0 Å². The zero-order valence-corrected chi connectivity index (χ0v) is 16.0. The van der Waals surface area contributed by atoms with E-state index in [1.54, 1.807) is 0 Å². The number of hydrogen-bond acceptors (Lipinski definition) is 0. The Bertz CT molecular complexity index is 1070. The Hall–Kier alpha value is -2.54. The molecule has 0 aromatic heterocycles. The Morgan fingerprint density at radius 1 is 0.481 bits per heavy atom. The van der Waals surface area contributed by atoms with Crippen molar-refractivity contribution in [3.63, 3.8) is 0 Å². The van der Waals surface area contributed by atoms with Crippen LogP contribution in [0, 0.1) is 0 Å². The SMILES string of the molecule is Clc1cccc(C2(c3cccc(Cl)c3)c3ccccc3-c3ccccc32)c1. The summed E-state index contributed by atoms with van der Waals surface area (Å²) in [5.74, 6) is 0. The van der Waals surface area contributed by atoms with Crippen LogP contribution in [-0.4, -0.2) is 0 Å². The van der Waals surface area contributed by atoms with Crippen LogP contribution in [0.2, 0.25) is 10.0 Å². The summed E-state index contributed by atoms with van der Waals surface area (Å²) in [6.07, 6.45) is 0. The van der Waals surface area contributed by atoms with E-state index in [0.717, 1.165) is 21.2 Å². The van der Waals surface area contributed by atoms with Crippen LogP contribution in [0.4, 0.5) is 0 Å². The van der Waals surface area contributed by atoms with Gasteiger partial charge >= 0.3 is 0 Å². The average molecular weight is 387 g/mol. The highest BCUT2D eigenvalue weighted by Gasteiger charge is 2.45. The van der Waals surface area contributed by atoms with E-state index in [1.807, 2.05) is 24.3 Å². The highest BCUT2D eigenvalue weighted by Crippen LogP contribution is 2.56. The lowest BCUT2D eigenvalue weighted by Gasteiger charge is -2.34. The molecule has 2 heteroatoms. The maximum atomic E-state index is 6.43. The molecule has 4 aromatic rings. The van der Waals surface area contributed by atoms with Crippen molar-refractivity contribution in [2.24, 2.45) is 0 Å². The fourth-order valence-electron chi connectivity index (χ4n) is 4.47. The lowest BCUT2D eigenvalue weighted by Crippen LogP contribution is -2.28. The van der Waals surface area contributed by atoms with E-state index in [-0.39, 0.29) is 0 Å². The van der Waals surface area contributed by atoms with Crippen molar-refractivity contribution in [3.8, 4) is 11.1 Å². The quantitative estimate of drug-likeness (QED) is 0.297. The van der Waals surface area contributed by atoms with E-state index >= 15 is 0 Å². The molecule has 0 atom stereocenters. The molecule has 0 fully saturated rings. The van der Waals surface area contributed by atoms with Crippen molar-refractivity contribution < 1.29 is 0 Å². The standard InChI is InChI=1S/C25H16Cl2/c26-19-9-5-7-17(15-19)25(18-8-6-10-20(27)16-18)23-13-3-1-11-21(23)22-12-2-4-14-24(22)25/h1-16H. The number of fused-ring (bicyclic) bond motifs is 3. The van der Waals surface area contributed by atoms with Crippen LogP contribution >= 0.6 is 23.2 Å². The van der Waals surface area contributed by atoms with Crippen LogP contribution in [0.5, 0.6) is 0 Å². The summed E-state index contributed by atoms with van der Waals surface area (Å²) in [5, 5.41) is 1.46. The van der Waals surface area contributed by atoms with Gasteiger partial charge in [0.05, 0.1) is 5.41 Å². The number of halogens is 2. The summed E-state index contributed by atoms with van der Waals surface area (Å²) in [4.78, 5) is 0. The van der Waals surface area contributed by atoms with E-state index in [0.29, 0.717) is 0 Å². The normalized spacial score (nSPS) is 13.9. The van der Waals surface area contributed by atoms with Crippen molar-refractivity contribution in [3.05, 3.63) is 129 Å². The first kappa shape index (κ1) is 16.6. The van der Waals surface area contributed by atoms with E-state index in [9.17, 15) is 0 Å². The molecule has 0 unspecified atom stereocenters. The fraction of sp³-hybridized carbons (Fsp3) is 0.0400. The zero-order valence-electron chi connectivity index (χ0n) is 14.5. The Morgan fingerprint density at radius 2 is 0.926 bits per heavy atom. The molecule has 0 saturated carbocycles. The Labute approximate surface area is 169 Å². The number of rotatable bonds is 2. The maximum Gasteiger partial charge on any atom is 0.0714 e. The molecule has 0 amide bonds. The average Bonchev–Trinajstić information content (AvgIpc) is 3.00. The third-order valence-corrected chi connectivity index (χ3v) is 5.94. The lowest BCUT2D eigenvalue weighted by atomic mass is 9.68. The van der Waals surface area contributed by atoms with Crippen molar-refractivity contribution in [1.82, 2.24) is 0 Å². The minimum Gasteiger partial charge on any atom is -0.0843 e. The zero-order chi connectivity index (χ0) is 18.4. The molecule has 0 bridgehead atoms. The smallest absolute Gasteiger partial charge is 0.0714 e. The molecule has 0 heterocycles. The van der Waals surface area contributed by atoms with Crippen LogP contribution in [0.15, 0.2) is 97.1 Å². The minimum absolute atomic E-state index is 0.441. The highest BCUT2D eigenvalue weighted by molar-refractivity contribution is 6.31.